The molecule has 0 spiro atoms. The molecule has 1 rings (SSSR count). The highest BCUT2D eigenvalue weighted by Crippen LogP contribution is 2.25. The van der Waals surface area contributed by atoms with Crippen LogP contribution in [-0.4, -0.2) is 39.2 Å². The first kappa shape index (κ1) is 16.4. The normalized spacial score (nSPS) is 25.2. The van der Waals surface area contributed by atoms with Gasteiger partial charge in [0.05, 0.1) is 12.3 Å². The van der Waals surface area contributed by atoms with E-state index in [-0.39, 0.29) is 17.9 Å². The Morgan fingerprint density at radius 1 is 1.42 bits per heavy atom. The highest BCUT2D eigenvalue weighted by atomic mass is 32.2. The lowest BCUT2D eigenvalue weighted by Crippen LogP contribution is -2.45. The van der Waals surface area contributed by atoms with Gasteiger partial charge in [-0.25, -0.2) is 13.1 Å². The van der Waals surface area contributed by atoms with Crippen molar-refractivity contribution in [3.63, 3.8) is 0 Å². The van der Waals surface area contributed by atoms with E-state index in [0.717, 1.165) is 31.9 Å². The zero-order valence-corrected chi connectivity index (χ0v) is 12.5. The first-order chi connectivity index (χ1) is 8.83. The third kappa shape index (κ3) is 5.88. The average Bonchev–Trinajstić information content (AvgIpc) is 2.71. The molecule has 7 heteroatoms. The van der Waals surface area contributed by atoms with Crippen LogP contribution < -0.4 is 15.8 Å². The lowest BCUT2D eigenvalue weighted by Gasteiger charge is -2.21. The van der Waals surface area contributed by atoms with Gasteiger partial charge in [-0.2, -0.15) is 0 Å². The van der Waals surface area contributed by atoms with E-state index < -0.39 is 16.1 Å². The topological polar surface area (TPSA) is 101 Å². The molecule has 6 nitrogen and oxygen atoms in total. The summed E-state index contributed by atoms with van der Waals surface area (Å²) in [6.07, 6.45) is 5.44. The quantitative estimate of drug-likeness (QED) is 0.612. The maximum atomic E-state index is 11.7. The van der Waals surface area contributed by atoms with Gasteiger partial charge in [-0.3, -0.25) is 4.79 Å². The Balaban J connectivity index is 2.41. The Morgan fingerprint density at radius 2 is 2.11 bits per heavy atom. The number of hydrogen-bond acceptors (Lipinski definition) is 4. The Bertz CT molecular complexity index is 397. The monoisotopic (exact) mass is 291 g/mol. The minimum Gasteiger partial charge on any atom is -0.354 e. The molecule has 3 atom stereocenters. The zero-order valence-electron chi connectivity index (χ0n) is 11.7. The molecular formula is C12H25N3O3S. The van der Waals surface area contributed by atoms with Crippen LogP contribution in [0.3, 0.4) is 0 Å². The molecule has 0 radical (unpaired) electrons. The number of rotatable bonds is 7. The lowest BCUT2D eigenvalue weighted by atomic mass is 10.0. The van der Waals surface area contributed by atoms with Crippen LogP contribution in [0.15, 0.2) is 0 Å². The van der Waals surface area contributed by atoms with Gasteiger partial charge in [0.15, 0.2) is 0 Å². The molecule has 19 heavy (non-hydrogen) atoms. The summed E-state index contributed by atoms with van der Waals surface area (Å²) >= 11 is 0. The molecule has 1 fully saturated rings. The molecule has 0 aromatic rings. The van der Waals surface area contributed by atoms with E-state index >= 15 is 0 Å². The van der Waals surface area contributed by atoms with Crippen molar-refractivity contribution in [3.8, 4) is 0 Å². The van der Waals surface area contributed by atoms with E-state index in [1.54, 1.807) is 0 Å². The third-order valence-corrected chi connectivity index (χ3v) is 4.23. The van der Waals surface area contributed by atoms with Crippen molar-refractivity contribution in [3.05, 3.63) is 0 Å². The molecule has 0 aliphatic heterocycles. The van der Waals surface area contributed by atoms with E-state index in [1.807, 2.05) is 6.92 Å². The second kappa shape index (κ2) is 7.21. The van der Waals surface area contributed by atoms with Gasteiger partial charge in [0.2, 0.25) is 15.9 Å². The molecule has 112 valence electrons. The number of sulfonamides is 1. The van der Waals surface area contributed by atoms with Crippen LogP contribution in [0.2, 0.25) is 0 Å². The molecule has 4 N–H and O–H groups in total. The SMILES string of the molecule is CCCC(N)C(=O)NCC1CCCC1NS(C)(=O)=O. The maximum absolute atomic E-state index is 11.7. The van der Waals surface area contributed by atoms with Crippen molar-refractivity contribution in [2.75, 3.05) is 12.8 Å². The van der Waals surface area contributed by atoms with Gasteiger partial charge in [0.1, 0.15) is 0 Å². The summed E-state index contributed by atoms with van der Waals surface area (Å²) in [5, 5.41) is 2.83. The van der Waals surface area contributed by atoms with Crippen molar-refractivity contribution in [1.82, 2.24) is 10.0 Å². The fourth-order valence-corrected chi connectivity index (χ4v) is 3.38. The minimum absolute atomic E-state index is 0.0716. The molecular weight excluding hydrogens is 266 g/mol. The highest BCUT2D eigenvalue weighted by molar-refractivity contribution is 7.88. The van der Waals surface area contributed by atoms with E-state index in [0.29, 0.717) is 13.0 Å². The lowest BCUT2D eigenvalue weighted by molar-refractivity contribution is -0.122. The first-order valence-corrected chi connectivity index (χ1v) is 8.73. The largest absolute Gasteiger partial charge is 0.354 e. The fourth-order valence-electron chi connectivity index (χ4n) is 2.52. The number of amides is 1. The van der Waals surface area contributed by atoms with Crippen LogP contribution in [0.4, 0.5) is 0 Å². The molecule has 0 bridgehead atoms. The van der Waals surface area contributed by atoms with Crippen molar-refractivity contribution in [2.45, 2.75) is 51.1 Å². The standard InChI is InChI=1S/C12H25N3O3S/c1-3-5-10(13)12(16)14-8-9-6-4-7-11(9)15-19(2,17)18/h9-11,15H,3-8,13H2,1-2H3,(H,14,16). The second-order valence-electron chi connectivity index (χ2n) is 5.33. The van der Waals surface area contributed by atoms with Gasteiger partial charge in [-0.15, -0.1) is 0 Å². The molecule has 0 aromatic heterocycles. The molecule has 1 aliphatic carbocycles. The van der Waals surface area contributed by atoms with Gasteiger partial charge >= 0.3 is 0 Å². The van der Waals surface area contributed by atoms with Crippen LogP contribution >= 0.6 is 0 Å². The summed E-state index contributed by atoms with van der Waals surface area (Å²) in [7, 11) is -3.19. The van der Waals surface area contributed by atoms with Crippen LogP contribution in [0.1, 0.15) is 39.0 Å². The smallest absolute Gasteiger partial charge is 0.236 e. The first-order valence-electron chi connectivity index (χ1n) is 6.84. The summed E-state index contributed by atoms with van der Waals surface area (Å²) in [6, 6.07) is -0.537. The zero-order chi connectivity index (χ0) is 14.5. The summed E-state index contributed by atoms with van der Waals surface area (Å²) in [6.45, 7) is 2.47. The van der Waals surface area contributed by atoms with Gasteiger partial charge in [-0.05, 0) is 25.2 Å². The summed E-state index contributed by atoms with van der Waals surface area (Å²) in [4.78, 5) is 11.7. The number of carbonyl (C=O) groups excluding carboxylic acids is 1. The molecule has 3 unspecified atom stereocenters. The predicted octanol–water partition coefficient (Wildman–Crippen LogP) is -0.0521. The maximum Gasteiger partial charge on any atom is 0.236 e. The van der Waals surface area contributed by atoms with Crippen LogP contribution in [0, 0.1) is 5.92 Å². The van der Waals surface area contributed by atoms with Gasteiger partial charge in [-0.1, -0.05) is 19.8 Å². The van der Waals surface area contributed by atoms with E-state index in [4.69, 9.17) is 5.73 Å². The Hall–Kier alpha value is -0.660. The third-order valence-electron chi connectivity index (χ3n) is 3.50. The summed E-state index contributed by atoms with van der Waals surface area (Å²) < 4.78 is 25.1. The molecule has 1 amide bonds. The fraction of sp³-hybridized carbons (Fsp3) is 0.917. The molecule has 0 saturated heterocycles. The molecule has 1 aliphatic rings. The Morgan fingerprint density at radius 3 is 2.68 bits per heavy atom. The molecule has 0 aromatic carbocycles. The predicted molar refractivity (Wildman–Crippen MR) is 75.0 cm³/mol. The van der Waals surface area contributed by atoms with Gasteiger partial charge in [0.25, 0.3) is 0 Å². The number of hydrogen-bond donors (Lipinski definition) is 3. The molecule has 0 heterocycles. The number of nitrogens with one attached hydrogen (secondary N) is 2. The Kier molecular flexibility index (Phi) is 6.22. The van der Waals surface area contributed by atoms with Crippen molar-refractivity contribution >= 4 is 15.9 Å². The van der Waals surface area contributed by atoms with Gasteiger partial charge in [0, 0.05) is 12.6 Å². The Labute approximate surface area is 115 Å². The number of carbonyl (C=O) groups is 1. The summed E-state index contributed by atoms with van der Waals surface area (Å²) in [5.41, 5.74) is 5.73. The van der Waals surface area contributed by atoms with Crippen LogP contribution in [-0.2, 0) is 14.8 Å². The van der Waals surface area contributed by atoms with Crippen LogP contribution in [0.5, 0.6) is 0 Å². The highest BCUT2D eigenvalue weighted by Gasteiger charge is 2.29. The number of nitrogens with two attached hydrogens (primary N) is 1. The van der Waals surface area contributed by atoms with Gasteiger partial charge < -0.3 is 11.1 Å². The van der Waals surface area contributed by atoms with Crippen molar-refractivity contribution in [1.29, 1.82) is 0 Å². The second-order valence-corrected chi connectivity index (χ2v) is 7.11. The molecule has 1 saturated carbocycles. The van der Waals surface area contributed by atoms with E-state index in [2.05, 4.69) is 10.0 Å². The minimum atomic E-state index is -3.19. The van der Waals surface area contributed by atoms with Crippen molar-refractivity contribution in [2.24, 2.45) is 11.7 Å². The van der Waals surface area contributed by atoms with Crippen LogP contribution in [0.25, 0.3) is 0 Å². The summed E-state index contributed by atoms with van der Waals surface area (Å²) in [5.74, 6) is 0.0133. The van der Waals surface area contributed by atoms with E-state index in [9.17, 15) is 13.2 Å². The van der Waals surface area contributed by atoms with E-state index in [1.165, 1.54) is 0 Å². The van der Waals surface area contributed by atoms with Crippen molar-refractivity contribution < 1.29 is 13.2 Å². The average molecular weight is 291 g/mol.